The summed E-state index contributed by atoms with van der Waals surface area (Å²) in [5.41, 5.74) is 11.6. The van der Waals surface area contributed by atoms with Crippen LogP contribution in [0.2, 0.25) is 0 Å². The standard InChI is InChI=1S/C25H19FN2OS/c26-20-9-7-18(8-10-20)25-24(17-11-13-28-14-12-17)23(19-4-3-5-21(27)16-19)22(30-25)6-1-2-15-29/h3-5,7-14,16,29H,2,15,27H2. The lowest BCUT2D eigenvalue weighted by Gasteiger charge is -2.10. The fourth-order valence-corrected chi connectivity index (χ4v) is 4.51. The molecule has 0 unspecified atom stereocenters. The summed E-state index contributed by atoms with van der Waals surface area (Å²) in [6.45, 7) is 0.00796. The molecular formula is C25H19FN2OS. The summed E-state index contributed by atoms with van der Waals surface area (Å²) in [7, 11) is 0. The molecule has 0 saturated carbocycles. The number of aliphatic hydroxyl groups is 1. The highest BCUT2D eigenvalue weighted by molar-refractivity contribution is 7.17. The van der Waals surface area contributed by atoms with Crippen molar-refractivity contribution >= 4 is 17.0 Å². The Morgan fingerprint density at radius 1 is 0.933 bits per heavy atom. The number of rotatable bonds is 4. The molecule has 4 rings (SSSR count). The van der Waals surface area contributed by atoms with E-state index in [0.717, 1.165) is 37.6 Å². The van der Waals surface area contributed by atoms with Crippen molar-refractivity contribution in [2.24, 2.45) is 0 Å². The Morgan fingerprint density at radius 3 is 2.40 bits per heavy atom. The van der Waals surface area contributed by atoms with E-state index in [9.17, 15) is 4.39 Å². The smallest absolute Gasteiger partial charge is 0.123 e. The number of nitrogen functional groups attached to an aromatic ring is 1. The molecular weight excluding hydrogens is 395 g/mol. The van der Waals surface area contributed by atoms with Crippen molar-refractivity contribution in [1.82, 2.24) is 4.98 Å². The largest absolute Gasteiger partial charge is 0.399 e. The number of anilines is 1. The van der Waals surface area contributed by atoms with Crippen LogP contribution < -0.4 is 5.73 Å². The fraction of sp³-hybridized carbons (Fsp3) is 0.0800. The Balaban J connectivity index is 2.04. The molecule has 3 nitrogen and oxygen atoms in total. The molecule has 0 aliphatic carbocycles. The molecule has 2 aromatic carbocycles. The number of hydrogen-bond donors (Lipinski definition) is 2. The molecule has 0 fully saturated rings. The molecule has 0 bridgehead atoms. The van der Waals surface area contributed by atoms with Gasteiger partial charge in [0.1, 0.15) is 5.82 Å². The van der Waals surface area contributed by atoms with Gasteiger partial charge in [0, 0.05) is 40.5 Å². The van der Waals surface area contributed by atoms with Crippen LogP contribution in [0, 0.1) is 17.7 Å². The van der Waals surface area contributed by atoms with Crippen molar-refractivity contribution in [3.63, 3.8) is 0 Å². The highest BCUT2D eigenvalue weighted by Gasteiger charge is 2.21. The zero-order valence-corrected chi connectivity index (χ0v) is 16.9. The first kappa shape index (κ1) is 19.8. The third-order valence-corrected chi connectivity index (χ3v) is 5.75. The highest BCUT2D eigenvalue weighted by atomic mass is 32.1. The molecule has 0 aliphatic rings. The van der Waals surface area contributed by atoms with E-state index >= 15 is 0 Å². The van der Waals surface area contributed by atoms with E-state index in [2.05, 4.69) is 16.8 Å². The van der Waals surface area contributed by atoms with Crippen molar-refractivity contribution in [3.8, 4) is 44.5 Å². The number of aromatic nitrogens is 1. The number of nitrogens with zero attached hydrogens (tertiary/aromatic N) is 1. The average molecular weight is 415 g/mol. The number of halogens is 1. The minimum Gasteiger partial charge on any atom is -0.399 e. The topological polar surface area (TPSA) is 59.1 Å². The summed E-state index contributed by atoms with van der Waals surface area (Å²) < 4.78 is 13.6. The Hall–Kier alpha value is -3.46. The maximum absolute atomic E-state index is 13.6. The molecule has 30 heavy (non-hydrogen) atoms. The van der Waals surface area contributed by atoms with E-state index in [1.807, 2.05) is 36.4 Å². The lowest BCUT2D eigenvalue weighted by molar-refractivity contribution is 0.305. The van der Waals surface area contributed by atoms with Gasteiger partial charge in [0.05, 0.1) is 11.5 Å². The molecule has 0 radical (unpaired) electrons. The number of nitrogens with two attached hydrogens (primary N) is 1. The molecule has 0 aliphatic heterocycles. The third-order valence-electron chi connectivity index (χ3n) is 4.60. The number of pyridine rings is 1. The van der Waals surface area contributed by atoms with Gasteiger partial charge in [0.2, 0.25) is 0 Å². The molecule has 0 saturated heterocycles. The van der Waals surface area contributed by atoms with Crippen LogP contribution in [0.1, 0.15) is 11.3 Å². The normalized spacial score (nSPS) is 10.5. The Labute approximate surface area is 178 Å². The number of benzene rings is 2. The minimum absolute atomic E-state index is 0.00796. The van der Waals surface area contributed by atoms with E-state index < -0.39 is 0 Å². The second kappa shape index (κ2) is 8.91. The maximum Gasteiger partial charge on any atom is 0.123 e. The SMILES string of the molecule is Nc1cccc(-c2c(C#CCCO)sc(-c3ccc(F)cc3)c2-c2ccncc2)c1. The van der Waals surface area contributed by atoms with E-state index in [-0.39, 0.29) is 12.4 Å². The zero-order valence-electron chi connectivity index (χ0n) is 16.1. The average Bonchev–Trinajstić information content (AvgIpc) is 3.14. The summed E-state index contributed by atoms with van der Waals surface area (Å²) >= 11 is 1.55. The Bertz CT molecular complexity index is 1220. The molecule has 0 atom stereocenters. The number of aliphatic hydroxyl groups excluding tert-OH is 1. The molecule has 4 aromatic rings. The van der Waals surface area contributed by atoms with Crippen LogP contribution in [-0.2, 0) is 0 Å². The van der Waals surface area contributed by atoms with Crippen molar-refractivity contribution < 1.29 is 9.50 Å². The van der Waals surface area contributed by atoms with Crippen LogP contribution in [0.5, 0.6) is 0 Å². The van der Waals surface area contributed by atoms with Crippen LogP contribution in [0.25, 0.3) is 32.7 Å². The predicted octanol–water partition coefficient (Wildman–Crippen LogP) is 5.60. The van der Waals surface area contributed by atoms with Gasteiger partial charge in [-0.05, 0) is 53.1 Å². The molecule has 0 spiro atoms. The maximum atomic E-state index is 13.6. The summed E-state index contributed by atoms with van der Waals surface area (Å²) in [6, 6.07) is 18.1. The first-order chi connectivity index (χ1) is 14.7. The van der Waals surface area contributed by atoms with Gasteiger partial charge in [-0.1, -0.05) is 36.1 Å². The molecule has 3 N–H and O–H groups in total. The first-order valence-electron chi connectivity index (χ1n) is 9.46. The van der Waals surface area contributed by atoms with E-state index in [1.165, 1.54) is 12.1 Å². The Morgan fingerprint density at radius 2 is 1.70 bits per heavy atom. The van der Waals surface area contributed by atoms with Gasteiger partial charge in [0.15, 0.2) is 0 Å². The third kappa shape index (κ3) is 4.11. The molecule has 2 aromatic heterocycles. The summed E-state index contributed by atoms with van der Waals surface area (Å²) in [6.07, 6.45) is 3.90. The van der Waals surface area contributed by atoms with Gasteiger partial charge in [-0.15, -0.1) is 11.3 Å². The lowest BCUT2D eigenvalue weighted by Crippen LogP contribution is -1.89. The van der Waals surface area contributed by atoms with Gasteiger partial charge in [-0.3, -0.25) is 4.98 Å². The highest BCUT2D eigenvalue weighted by Crippen LogP contribution is 2.47. The van der Waals surface area contributed by atoms with E-state index in [1.54, 1.807) is 35.9 Å². The van der Waals surface area contributed by atoms with Gasteiger partial charge in [-0.25, -0.2) is 4.39 Å². The van der Waals surface area contributed by atoms with Gasteiger partial charge >= 0.3 is 0 Å². The minimum atomic E-state index is -0.278. The van der Waals surface area contributed by atoms with Gasteiger partial charge < -0.3 is 10.8 Å². The summed E-state index contributed by atoms with van der Waals surface area (Å²) in [4.78, 5) is 6.01. The molecule has 2 heterocycles. The van der Waals surface area contributed by atoms with Crippen LogP contribution in [-0.4, -0.2) is 16.7 Å². The lowest BCUT2D eigenvalue weighted by atomic mass is 9.93. The quantitative estimate of drug-likeness (QED) is 0.338. The predicted molar refractivity (Wildman–Crippen MR) is 121 cm³/mol. The molecule has 148 valence electrons. The molecule has 5 heteroatoms. The van der Waals surface area contributed by atoms with Crippen molar-refractivity contribution in [2.75, 3.05) is 12.3 Å². The molecule has 0 amide bonds. The summed E-state index contributed by atoms with van der Waals surface area (Å²) in [5, 5.41) is 9.15. The number of thiophene rings is 1. The van der Waals surface area contributed by atoms with Crippen molar-refractivity contribution in [3.05, 3.63) is 83.8 Å². The van der Waals surface area contributed by atoms with Crippen LogP contribution in [0.3, 0.4) is 0 Å². The zero-order chi connectivity index (χ0) is 20.9. The second-order valence-corrected chi connectivity index (χ2v) is 7.67. The summed E-state index contributed by atoms with van der Waals surface area (Å²) in [5.74, 6) is 5.98. The first-order valence-corrected chi connectivity index (χ1v) is 10.3. The van der Waals surface area contributed by atoms with Crippen LogP contribution in [0.15, 0.2) is 73.1 Å². The monoisotopic (exact) mass is 414 g/mol. The fourth-order valence-electron chi connectivity index (χ4n) is 3.29. The van der Waals surface area contributed by atoms with Crippen LogP contribution >= 0.6 is 11.3 Å². The van der Waals surface area contributed by atoms with Gasteiger partial charge in [0.25, 0.3) is 0 Å². The van der Waals surface area contributed by atoms with E-state index in [4.69, 9.17) is 10.8 Å². The van der Waals surface area contributed by atoms with Crippen molar-refractivity contribution in [1.29, 1.82) is 0 Å². The van der Waals surface area contributed by atoms with E-state index in [0.29, 0.717) is 12.1 Å². The number of hydrogen-bond acceptors (Lipinski definition) is 4. The van der Waals surface area contributed by atoms with Gasteiger partial charge in [-0.2, -0.15) is 0 Å². The Kier molecular flexibility index (Phi) is 5.89. The second-order valence-electron chi connectivity index (χ2n) is 6.65. The van der Waals surface area contributed by atoms with Crippen LogP contribution in [0.4, 0.5) is 10.1 Å². The van der Waals surface area contributed by atoms with Crippen molar-refractivity contribution in [2.45, 2.75) is 6.42 Å².